The Balaban J connectivity index is 0.000000362. The molecule has 2 aromatic rings. The Kier molecular flexibility index (Phi) is 11.1. The van der Waals surface area contributed by atoms with Crippen LogP contribution >= 0.6 is 0 Å². The molecular weight excluding hydrogens is 490 g/mol. The predicted octanol–water partition coefficient (Wildman–Crippen LogP) is 3.31. The van der Waals surface area contributed by atoms with E-state index in [4.69, 9.17) is 24.5 Å². The molecule has 0 fully saturated rings. The summed E-state index contributed by atoms with van der Waals surface area (Å²) in [5.74, 6) is -5.13. The minimum atomic E-state index is -5.08. The number of aryl methyl sites for hydroxylation is 1. The first kappa shape index (κ1) is 29.8. The van der Waals surface area contributed by atoms with Crippen LogP contribution in [0.5, 0.6) is 0 Å². The summed E-state index contributed by atoms with van der Waals surface area (Å²) in [7, 11) is 1.77. The van der Waals surface area contributed by atoms with Crippen molar-refractivity contribution in [2.75, 3.05) is 20.3 Å². The summed E-state index contributed by atoms with van der Waals surface area (Å²) in [6.45, 7) is 6.66. The van der Waals surface area contributed by atoms with Gasteiger partial charge in [-0.3, -0.25) is 14.6 Å². The van der Waals surface area contributed by atoms with Gasteiger partial charge < -0.3 is 14.9 Å². The van der Waals surface area contributed by atoms with Crippen LogP contribution in [0.1, 0.15) is 29.7 Å². The molecule has 1 atom stereocenters. The monoisotopic (exact) mass is 514 g/mol. The van der Waals surface area contributed by atoms with Crippen LogP contribution in [0.4, 0.5) is 26.3 Å². The van der Waals surface area contributed by atoms with E-state index in [2.05, 4.69) is 32.7 Å². The van der Waals surface area contributed by atoms with Gasteiger partial charge in [0, 0.05) is 62.9 Å². The van der Waals surface area contributed by atoms with E-state index < -0.39 is 24.3 Å². The maximum Gasteiger partial charge on any atom is 0.490 e. The molecule has 0 bridgehead atoms. The number of aliphatic carboxylic acids is 2. The molecule has 9 nitrogen and oxygen atoms in total. The van der Waals surface area contributed by atoms with Crippen LogP contribution in [-0.4, -0.2) is 74.4 Å². The maximum atomic E-state index is 10.6. The molecule has 1 aliphatic rings. The molecule has 1 unspecified atom stereocenters. The third-order valence-electron chi connectivity index (χ3n) is 4.50. The van der Waals surface area contributed by atoms with Crippen molar-refractivity contribution >= 4 is 11.9 Å². The number of fused-ring (bicyclic) bond motifs is 1. The molecule has 2 aromatic heterocycles. The SMILES string of the molecule is CCn1ncc2c1C(COC)CN(Cc1cccnc1)C2.O=C(O)C(F)(F)F.O=C(O)C(F)(F)F. The number of ether oxygens (including phenoxy) is 1. The minimum absolute atomic E-state index is 0.387. The highest BCUT2D eigenvalue weighted by Gasteiger charge is 2.38. The summed E-state index contributed by atoms with van der Waals surface area (Å²) in [4.78, 5) is 24.4. The normalized spacial score (nSPS) is 15.7. The Morgan fingerprint density at radius 2 is 1.69 bits per heavy atom. The van der Waals surface area contributed by atoms with Gasteiger partial charge in [-0.25, -0.2) is 9.59 Å². The van der Waals surface area contributed by atoms with Crippen LogP contribution in [0.3, 0.4) is 0 Å². The number of methoxy groups -OCH3 is 1. The number of hydrogen-bond donors (Lipinski definition) is 2. The van der Waals surface area contributed by atoms with Crippen molar-refractivity contribution < 1.29 is 50.9 Å². The van der Waals surface area contributed by atoms with E-state index in [1.54, 1.807) is 7.11 Å². The van der Waals surface area contributed by atoms with Gasteiger partial charge in [-0.2, -0.15) is 31.4 Å². The summed E-state index contributed by atoms with van der Waals surface area (Å²) in [5.41, 5.74) is 3.93. The van der Waals surface area contributed by atoms with Crippen molar-refractivity contribution in [3.63, 3.8) is 0 Å². The Morgan fingerprint density at radius 1 is 1.11 bits per heavy atom. The molecule has 0 aromatic carbocycles. The third-order valence-corrected chi connectivity index (χ3v) is 4.50. The zero-order valence-electron chi connectivity index (χ0n) is 18.7. The molecule has 0 saturated heterocycles. The lowest BCUT2D eigenvalue weighted by Crippen LogP contribution is -2.35. The van der Waals surface area contributed by atoms with Crippen LogP contribution in [0.2, 0.25) is 0 Å². The molecule has 0 saturated carbocycles. The van der Waals surface area contributed by atoms with Crippen LogP contribution in [0, 0.1) is 0 Å². The Bertz CT molecular complexity index is 926. The molecule has 0 aliphatic carbocycles. The molecule has 0 spiro atoms. The Labute approximate surface area is 195 Å². The second-order valence-electron chi connectivity index (χ2n) is 7.16. The number of pyridine rings is 1. The van der Waals surface area contributed by atoms with Crippen LogP contribution in [0.25, 0.3) is 0 Å². The standard InChI is InChI=1S/C16H22N4O.2C2HF3O2/c1-3-20-16-14(8-18-20)10-19(11-15(16)12-21-2)9-13-5-4-6-17-7-13;2*3-2(4,5)1(6)7/h4-8,15H,3,9-12H2,1-2H3;2*(H,6,7). The summed E-state index contributed by atoms with van der Waals surface area (Å²) in [6.07, 6.45) is -4.40. The number of alkyl halides is 6. The first-order valence-corrected chi connectivity index (χ1v) is 9.95. The van der Waals surface area contributed by atoms with Crippen molar-refractivity contribution in [3.05, 3.63) is 47.5 Å². The number of hydrogen-bond acceptors (Lipinski definition) is 6. The van der Waals surface area contributed by atoms with Gasteiger partial charge in [0.25, 0.3) is 0 Å². The van der Waals surface area contributed by atoms with E-state index >= 15 is 0 Å². The van der Waals surface area contributed by atoms with E-state index in [9.17, 15) is 26.3 Å². The second kappa shape index (κ2) is 13.0. The Hall–Kier alpha value is -3.20. The number of carboxylic acids is 2. The summed E-state index contributed by atoms with van der Waals surface area (Å²) in [5, 5.41) is 18.8. The number of halogens is 6. The Morgan fingerprint density at radius 3 is 2.11 bits per heavy atom. The van der Waals surface area contributed by atoms with E-state index in [0.29, 0.717) is 5.92 Å². The van der Waals surface area contributed by atoms with Gasteiger partial charge in [-0.15, -0.1) is 0 Å². The average Bonchev–Trinajstić information content (AvgIpc) is 3.17. The van der Waals surface area contributed by atoms with Crippen LogP contribution in [-0.2, 0) is 34.0 Å². The first-order chi connectivity index (χ1) is 16.2. The molecule has 3 heterocycles. The minimum Gasteiger partial charge on any atom is -0.475 e. The fourth-order valence-electron chi connectivity index (χ4n) is 3.19. The molecule has 0 radical (unpaired) electrons. The first-order valence-electron chi connectivity index (χ1n) is 9.95. The zero-order valence-corrected chi connectivity index (χ0v) is 18.7. The van der Waals surface area contributed by atoms with Crippen molar-refractivity contribution in [1.29, 1.82) is 0 Å². The highest BCUT2D eigenvalue weighted by Crippen LogP contribution is 2.29. The summed E-state index contributed by atoms with van der Waals surface area (Å²) >= 11 is 0. The van der Waals surface area contributed by atoms with Crippen molar-refractivity contribution in [2.45, 2.75) is 44.8 Å². The fourth-order valence-corrected chi connectivity index (χ4v) is 3.19. The topological polar surface area (TPSA) is 118 Å². The number of carboxylic acid groups (broad SMARTS) is 2. The number of nitrogens with zero attached hydrogens (tertiary/aromatic N) is 4. The van der Waals surface area contributed by atoms with Crippen LogP contribution < -0.4 is 0 Å². The third kappa shape index (κ3) is 9.90. The molecular formula is C20H24F6N4O5. The van der Waals surface area contributed by atoms with Gasteiger partial charge in [0.05, 0.1) is 12.8 Å². The fraction of sp³-hybridized carbons (Fsp3) is 0.500. The molecule has 0 amide bonds. The second-order valence-corrected chi connectivity index (χ2v) is 7.16. The van der Waals surface area contributed by atoms with Crippen molar-refractivity contribution in [2.24, 2.45) is 0 Å². The molecule has 15 heteroatoms. The van der Waals surface area contributed by atoms with Crippen molar-refractivity contribution in [1.82, 2.24) is 19.7 Å². The number of carbonyl (C=O) groups is 2. The number of aromatic nitrogens is 3. The summed E-state index contributed by atoms with van der Waals surface area (Å²) < 4.78 is 71.0. The van der Waals surface area contributed by atoms with Crippen LogP contribution in [0.15, 0.2) is 30.7 Å². The highest BCUT2D eigenvalue weighted by atomic mass is 19.4. The quantitative estimate of drug-likeness (QED) is 0.584. The predicted molar refractivity (Wildman–Crippen MR) is 108 cm³/mol. The molecule has 35 heavy (non-hydrogen) atoms. The lowest BCUT2D eigenvalue weighted by Gasteiger charge is -2.33. The van der Waals surface area contributed by atoms with E-state index in [-0.39, 0.29) is 0 Å². The van der Waals surface area contributed by atoms with E-state index in [1.807, 2.05) is 24.7 Å². The molecule has 1 aliphatic heterocycles. The van der Waals surface area contributed by atoms with Gasteiger partial charge in [0.1, 0.15) is 0 Å². The average molecular weight is 514 g/mol. The van der Waals surface area contributed by atoms with E-state index in [0.717, 1.165) is 32.8 Å². The smallest absolute Gasteiger partial charge is 0.475 e. The van der Waals surface area contributed by atoms with Gasteiger partial charge >= 0.3 is 24.3 Å². The molecule has 3 rings (SSSR count). The maximum absolute atomic E-state index is 10.6. The van der Waals surface area contributed by atoms with Gasteiger partial charge in [0.2, 0.25) is 0 Å². The lowest BCUT2D eigenvalue weighted by molar-refractivity contribution is -0.193. The number of rotatable bonds is 5. The van der Waals surface area contributed by atoms with Gasteiger partial charge in [-0.1, -0.05) is 6.07 Å². The zero-order chi connectivity index (χ0) is 26.8. The van der Waals surface area contributed by atoms with E-state index in [1.165, 1.54) is 16.8 Å². The summed E-state index contributed by atoms with van der Waals surface area (Å²) in [6, 6.07) is 4.12. The highest BCUT2D eigenvalue weighted by molar-refractivity contribution is 5.73. The largest absolute Gasteiger partial charge is 0.490 e. The lowest BCUT2D eigenvalue weighted by atomic mass is 9.96. The van der Waals surface area contributed by atoms with Crippen molar-refractivity contribution in [3.8, 4) is 0 Å². The molecule has 2 N–H and O–H groups in total. The van der Waals surface area contributed by atoms with Gasteiger partial charge in [-0.05, 0) is 18.6 Å². The van der Waals surface area contributed by atoms with Gasteiger partial charge in [0.15, 0.2) is 0 Å². The molecule has 196 valence electrons.